The van der Waals surface area contributed by atoms with Gasteiger partial charge >= 0.3 is 0 Å². The van der Waals surface area contributed by atoms with Gasteiger partial charge < -0.3 is 11.1 Å². The quantitative estimate of drug-likeness (QED) is 0.606. The molecule has 0 fully saturated rings. The highest BCUT2D eigenvalue weighted by Gasteiger charge is 2.13. The van der Waals surface area contributed by atoms with Crippen molar-refractivity contribution in [1.29, 1.82) is 0 Å². The van der Waals surface area contributed by atoms with Crippen LogP contribution >= 0.6 is 0 Å². The van der Waals surface area contributed by atoms with Crippen molar-refractivity contribution in [2.75, 3.05) is 17.0 Å². The molecular formula is C16H27N3O3S. The van der Waals surface area contributed by atoms with Crippen LogP contribution < -0.4 is 15.8 Å². The Labute approximate surface area is 138 Å². The first-order valence-electron chi connectivity index (χ1n) is 8.03. The lowest BCUT2D eigenvalue weighted by atomic mass is 10.1. The molecule has 0 aliphatic rings. The van der Waals surface area contributed by atoms with E-state index in [9.17, 15) is 13.2 Å². The van der Waals surface area contributed by atoms with Gasteiger partial charge in [0.1, 0.15) is 0 Å². The van der Waals surface area contributed by atoms with E-state index in [1.807, 2.05) is 0 Å². The average molecular weight is 341 g/mol. The number of benzene rings is 1. The van der Waals surface area contributed by atoms with Crippen molar-refractivity contribution in [3.05, 3.63) is 29.8 Å². The average Bonchev–Trinajstić information content (AvgIpc) is 2.51. The molecule has 6 nitrogen and oxygen atoms in total. The van der Waals surface area contributed by atoms with Crippen LogP contribution in [0.1, 0.15) is 49.9 Å². The highest BCUT2D eigenvalue weighted by molar-refractivity contribution is 7.92. The Hall–Kier alpha value is -1.60. The van der Waals surface area contributed by atoms with Gasteiger partial charge in [-0.05, 0) is 37.1 Å². The van der Waals surface area contributed by atoms with Gasteiger partial charge in [-0.2, -0.15) is 0 Å². The summed E-state index contributed by atoms with van der Waals surface area (Å²) >= 11 is 0. The molecule has 23 heavy (non-hydrogen) atoms. The predicted molar refractivity (Wildman–Crippen MR) is 94.0 cm³/mol. The summed E-state index contributed by atoms with van der Waals surface area (Å²) in [5, 5.41) is 2.90. The van der Waals surface area contributed by atoms with Gasteiger partial charge in [0.2, 0.25) is 10.0 Å². The smallest absolute Gasteiger partial charge is 0.251 e. The van der Waals surface area contributed by atoms with Crippen LogP contribution in [0.4, 0.5) is 5.69 Å². The monoisotopic (exact) mass is 341 g/mol. The van der Waals surface area contributed by atoms with Crippen molar-refractivity contribution in [3.63, 3.8) is 0 Å². The Bertz CT molecular complexity index is 585. The third kappa shape index (κ3) is 7.00. The molecule has 1 amide bonds. The van der Waals surface area contributed by atoms with Crippen LogP contribution in [0.2, 0.25) is 0 Å². The zero-order chi connectivity index (χ0) is 17.3. The second kappa shape index (κ2) is 9.52. The Morgan fingerprint density at radius 1 is 1.17 bits per heavy atom. The molecule has 7 heteroatoms. The molecule has 1 rings (SSSR count). The van der Waals surface area contributed by atoms with Gasteiger partial charge in [-0.15, -0.1) is 0 Å². The molecule has 0 aromatic heterocycles. The van der Waals surface area contributed by atoms with Gasteiger partial charge in [0.25, 0.3) is 5.91 Å². The maximum Gasteiger partial charge on any atom is 0.251 e. The van der Waals surface area contributed by atoms with Crippen molar-refractivity contribution in [3.8, 4) is 0 Å². The molecule has 0 saturated heterocycles. The zero-order valence-electron chi connectivity index (χ0n) is 13.8. The summed E-state index contributed by atoms with van der Waals surface area (Å²) in [6, 6.07) is 6.35. The van der Waals surface area contributed by atoms with Crippen LogP contribution in [0.3, 0.4) is 0 Å². The lowest BCUT2D eigenvalue weighted by Crippen LogP contribution is -2.40. The van der Waals surface area contributed by atoms with Gasteiger partial charge in [0, 0.05) is 23.8 Å². The summed E-state index contributed by atoms with van der Waals surface area (Å²) in [5.41, 5.74) is 6.61. The fourth-order valence-corrected chi connectivity index (χ4v) is 3.29. The minimum atomic E-state index is -3.32. The minimum Gasteiger partial charge on any atom is -0.348 e. The number of unbranched alkanes of at least 4 members (excludes halogenated alkanes) is 1. The molecular weight excluding hydrogens is 314 g/mol. The second-order valence-electron chi connectivity index (χ2n) is 5.55. The summed E-state index contributed by atoms with van der Waals surface area (Å²) in [5.74, 6) is -0.121. The van der Waals surface area contributed by atoms with Crippen molar-refractivity contribution < 1.29 is 13.2 Å². The predicted octanol–water partition coefficient (Wildman–Crippen LogP) is 2.09. The van der Waals surface area contributed by atoms with Crippen LogP contribution in [0.15, 0.2) is 24.3 Å². The van der Waals surface area contributed by atoms with E-state index in [0.717, 1.165) is 19.3 Å². The summed E-state index contributed by atoms with van der Waals surface area (Å²) in [4.78, 5) is 12.2. The molecule has 1 atom stereocenters. The first-order valence-corrected chi connectivity index (χ1v) is 9.68. The van der Waals surface area contributed by atoms with Crippen LogP contribution in [-0.4, -0.2) is 32.7 Å². The normalized spacial score (nSPS) is 12.7. The van der Waals surface area contributed by atoms with E-state index in [-0.39, 0.29) is 17.7 Å². The summed E-state index contributed by atoms with van der Waals surface area (Å²) < 4.78 is 25.9. The van der Waals surface area contributed by atoms with Crippen molar-refractivity contribution in [1.82, 2.24) is 5.32 Å². The van der Waals surface area contributed by atoms with Gasteiger partial charge in [-0.1, -0.05) is 26.7 Å². The zero-order valence-corrected chi connectivity index (χ0v) is 14.7. The molecule has 0 heterocycles. The molecule has 1 unspecified atom stereocenters. The van der Waals surface area contributed by atoms with E-state index in [1.165, 1.54) is 0 Å². The highest BCUT2D eigenvalue weighted by atomic mass is 32.2. The molecule has 4 N–H and O–H groups in total. The number of hydrogen-bond acceptors (Lipinski definition) is 4. The molecule has 0 radical (unpaired) electrons. The number of nitrogens with one attached hydrogen (secondary N) is 2. The number of carbonyl (C=O) groups excluding carboxylic acids is 1. The topological polar surface area (TPSA) is 101 Å². The molecule has 0 spiro atoms. The maximum absolute atomic E-state index is 12.2. The van der Waals surface area contributed by atoms with Crippen molar-refractivity contribution in [2.24, 2.45) is 5.73 Å². The van der Waals surface area contributed by atoms with Gasteiger partial charge in [-0.3, -0.25) is 9.52 Å². The Kier molecular flexibility index (Phi) is 8.05. The molecule has 0 saturated carbocycles. The number of rotatable bonds is 10. The van der Waals surface area contributed by atoms with Crippen LogP contribution in [0, 0.1) is 0 Å². The largest absolute Gasteiger partial charge is 0.348 e. The number of hydrogen-bond donors (Lipinski definition) is 3. The first-order chi connectivity index (χ1) is 10.9. The molecule has 0 aliphatic carbocycles. The van der Waals surface area contributed by atoms with Gasteiger partial charge in [-0.25, -0.2) is 8.42 Å². The van der Waals surface area contributed by atoms with Crippen LogP contribution in [0.5, 0.6) is 0 Å². The number of carbonyl (C=O) groups is 1. The summed E-state index contributed by atoms with van der Waals surface area (Å²) in [6.07, 6.45) is 3.47. The molecule has 130 valence electrons. The number of anilines is 1. The van der Waals surface area contributed by atoms with E-state index < -0.39 is 10.0 Å². The summed E-state index contributed by atoms with van der Waals surface area (Å²) in [7, 11) is -3.32. The highest BCUT2D eigenvalue weighted by Crippen LogP contribution is 2.12. The van der Waals surface area contributed by atoms with E-state index in [0.29, 0.717) is 24.2 Å². The van der Waals surface area contributed by atoms with E-state index in [1.54, 1.807) is 31.2 Å². The Morgan fingerprint density at radius 3 is 2.35 bits per heavy atom. The first kappa shape index (κ1) is 19.4. The van der Waals surface area contributed by atoms with E-state index in [2.05, 4.69) is 17.0 Å². The fourth-order valence-electron chi connectivity index (χ4n) is 2.16. The van der Waals surface area contributed by atoms with Crippen LogP contribution in [-0.2, 0) is 10.0 Å². The summed E-state index contributed by atoms with van der Waals surface area (Å²) in [6.45, 7) is 4.30. The molecule has 1 aromatic carbocycles. The van der Waals surface area contributed by atoms with Crippen LogP contribution in [0.25, 0.3) is 0 Å². The minimum absolute atomic E-state index is 0.0369. The molecule has 0 aliphatic heterocycles. The third-order valence-electron chi connectivity index (χ3n) is 3.42. The van der Waals surface area contributed by atoms with Crippen molar-refractivity contribution >= 4 is 21.6 Å². The van der Waals surface area contributed by atoms with E-state index >= 15 is 0 Å². The SMILES string of the molecule is CCCCC(CN)NC(=O)c1ccc(NS(=O)(=O)CCC)cc1. The number of nitrogens with two attached hydrogens (primary N) is 1. The Balaban J connectivity index is 2.66. The lowest BCUT2D eigenvalue weighted by molar-refractivity contribution is 0.0936. The van der Waals surface area contributed by atoms with E-state index in [4.69, 9.17) is 5.73 Å². The van der Waals surface area contributed by atoms with Crippen molar-refractivity contribution in [2.45, 2.75) is 45.6 Å². The standard InChI is InChI=1S/C16H27N3O3S/c1-3-5-6-15(12-17)18-16(20)13-7-9-14(10-8-13)19-23(21,22)11-4-2/h7-10,15,19H,3-6,11-12,17H2,1-2H3,(H,18,20). The molecule has 1 aromatic rings. The van der Waals surface area contributed by atoms with Gasteiger partial charge in [0.15, 0.2) is 0 Å². The second-order valence-corrected chi connectivity index (χ2v) is 7.39. The Morgan fingerprint density at radius 2 is 1.83 bits per heavy atom. The van der Waals surface area contributed by atoms with Gasteiger partial charge in [0.05, 0.1) is 5.75 Å². The lowest BCUT2D eigenvalue weighted by Gasteiger charge is -2.16. The number of sulfonamides is 1. The third-order valence-corrected chi connectivity index (χ3v) is 4.91. The molecule has 0 bridgehead atoms. The number of amides is 1. The fraction of sp³-hybridized carbons (Fsp3) is 0.562. The maximum atomic E-state index is 12.2.